The van der Waals surface area contributed by atoms with E-state index >= 15 is 0 Å². The minimum atomic E-state index is -0.863. The molecule has 0 spiro atoms. The Morgan fingerprint density at radius 3 is 2.17 bits per heavy atom. The first-order valence-corrected chi connectivity index (χ1v) is 10.3. The Balaban J connectivity index is 0.00000218. The van der Waals surface area contributed by atoms with Crippen molar-refractivity contribution in [2.24, 2.45) is 0 Å². The Hall–Kier alpha value is -2.74. The van der Waals surface area contributed by atoms with Crippen molar-refractivity contribution in [3.63, 3.8) is 0 Å². The smallest absolute Gasteiger partial charge is 0.257 e. The number of halogens is 3. The summed E-state index contributed by atoms with van der Waals surface area (Å²) in [5.74, 6) is -3.08. The molecule has 1 atom stereocenters. The number of nitrogens with one attached hydrogen (secondary N) is 2. The van der Waals surface area contributed by atoms with E-state index in [1.807, 2.05) is 13.8 Å². The van der Waals surface area contributed by atoms with Crippen molar-refractivity contribution in [2.45, 2.75) is 39.0 Å². The average Bonchev–Trinajstić information content (AvgIpc) is 2.71. The van der Waals surface area contributed by atoms with E-state index in [1.165, 1.54) is 18.2 Å². The molecule has 0 heterocycles. The van der Waals surface area contributed by atoms with E-state index in [4.69, 9.17) is 0 Å². The van der Waals surface area contributed by atoms with Gasteiger partial charge in [-0.2, -0.15) is 0 Å². The topological polar surface area (TPSA) is 58.2 Å². The van der Waals surface area contributed by atoms with Crippen molar-refractivity contribution in [1.29, 1.82) is 0 Å². The molecule has 1 unspecified atom stereocenters. The lowest BCUT2D eigenvalue weighted by atomic mass is 10.2. The molecular formula is C22H25F3N2O2S. The van der Waals surface area contributed by atoms with Crippen molar-refractivity contribution in [3.05, 3.63) is 77.0 Å². The third-order valence-electron chi connectivity index (χ3n) is 3.66. The van der Waals surface area contributed by atoms with Gasteiger partial charge in [-0.15, -0.1) is 11.8 Å². The second-order valence-electron chi connectivity index (χ2n) is 6.01. The van der Waals surface area contributed by atoms with E-state index in [-0.39, 0.29) is 28.9 Å². The molecule has 0 fully saturated rings. The number of para-hydroxylation sites is 1. The van der Waals surface area contributed by atoms with Crippen LogP contribution in [0.4, 0.5) is 18.9 Å². The summed E-state index contributed by atoms with van der Waals surface area (Å²) in [5.41, 5.74) is 0.229. The monoisotopic (exact) mass is 438 g/mol. The minimum Gasteiger partial charge on any atom is -0.348 e. The van der Waals surface area contributed by atoms with Crippen molar-refractivity contribution in [1.82, 2.24) is 5.32 Å². The van der Waals surface area contributed by atoms with Crippen LogP contribution in [0.2, 0.25) is 0 Å². The van der Waals surface area contributed by atoms with E-state index in [0.29, 0.717) is 0 Å². The Labute approximate surface area is 178 Å². The van der Waals surface area contributed by atoms with Gasteiger partial charge in [-0.05, 0) is 29.8 Å². The van der Waals surface area contributed by atoms with Crippen molar-refractivity contribution >= 4 is 29.3 Å². The fraction of sp³-hybridized carbons (Fsp3) is 0.273. The lowest BCUT2D eigenvalue weighted by molar-refractivity contribution is -0.117. The standard InChI is InChI=1S/C20H19F3N2O2S.C2H6/c1-12(10-18(26)25-19-16(22)4-3-5-17(19)23)28-13(2)20(27)24-11-14-6-8-15(21)9-7-14;1-2/h3-9,12H,2,10-11H2,1H3,(H,24,27)(H,25,26);1-2H3. The summed E-state index contributed by atoms with van der Waals surface area (Å²) in [5, 5.41) is 4.50. The van der Waals surface area contributed by atoms with E-state index < -0.39 is 29.1 Å². The molecule has 2 aromatic rings. The van der Waals surface area contributed by atoms with Crippen LogP contribution in [0.25, 0.3) is 0 Å². The zero-order chi connectivity index (χ0) is 22.7. The van der Waals surface area contributed by atoms with Crippen molar-refractivity contribution < 1.29 is 22.8 Å². The molecule has 2 aromatic carbocycles. The van der Waals surface area contributed by atoms with Gasteiger partial charge in [0.2, 0.25) is 5.91 Å². The van der Waals surface area contributed by atoms with E-state index in [9.17, 15) is 22.8 Å². The summed E-state index contributed by atoms with van der Waals surface area (Å²) in [7, 11) is 0. The predicted molar refractivity (Wildman–Crippen MR) is 115 cm³/mol. The maximum absolute atomic E-state index is 13.6. The molecule has 0 saturated carbocycles. The number of hydrogen-bond acceptors (Lipinski definition) is 3. The minimum absolute atomic E-state index is 0.0668. The first kappa shape index (κ1) is 25.3. The SMILES string of the molecule is C=C(SC(C)CC(=O)Nc1c(F)cccc1F)C(=O)NCc1ccc(F)cc1.CC. The molecule has 2 N–H and O–H groups in total. The average molecular weight is 439 g/mol. The summed E-state index contributed by atoms with van der Waals surface area (Å²) in [6.45, 7) is 9.58. The molecule has 0 aliphatic heterocycles. The van der Waals surface area contributed by atoms with Crippen LogP contribution in [0.3, 0.4) is 0 Å². The van der Waals surface area contributed by atoms with Crippen LogP contribution in [0, 0.1) is 17.5 Å². The van der Waals surface area contributed by atoms with Crippen LogP contribution in [0.1, 0.15) is 32.8 Å². The maximum Gasteiger partial charge on any atom is 0.257 e. The molecule has 0 bridgehead atoms. The largest absolute Gasteiger partial charge is 0.348 e. The number of benzene rings is 2. The fourth-order valence-corrected chi connectivity index (χ4v) is 3.19. The molecule has 8 heteroatoms. The highest BCUT2D eigenvalue weighted by atomic mass is 32.2. The zero-order valence-corrected chi connectivity index (χ0v) is 17.9. The van der Waals surface area contributed by atoms with Crippen LogP contribution in [-0.4, -0.2) is 17.1 Å². The molecule has 0 radical (unpaired) electrons. The molecule has 2 amide bonds. The van der Waals surface area contributed by atoms with Gasteiger partial charge in [0, 0.05) is 18.2 Å². The van der Waals surface area contributed by atoms with Crippen LogP contribution in [0.15, 0.2) is 53.9 Å². The van der Waals surface area contributed by atoms with Gasteiger partial charge in [0.1, 0.15) is 23.1 Å². The summed E-state index contributed by atoms with van der Waals surface area (Å²) < 4.78 is 40.0. The molecule has 162 valence electrons. The van der Waals surface area contributed by atoms with Gasteiger partial charge >= 0.3 is 0 Å². The molecular weight excluding hydrogens is 413 g/mol. The number of carbonyl (C=O) groups is 2. The number of anilines is 1. The number of carbonyl (C=O) groups excluding carboxylic acids is 2. The molecule has 0 aliphatic carbocycles. The number of hydrogen-bond donors (Lipinski definition) is 2. The van der Waals surface area contributed by atoms with Crippen molar-refractivity contribution in [2.75, 3.05) is 5.32 Å². The third kappa shape index (κ3) is 8.32. The molecule has 0 aliphatic rings. The normalized spacial score (nSPS) is 11.0. The second kappa shape index (κ2) is 12.7. The number of amides is 2. The molecule has 0 saturated heterocycles. The highest BCUT2D eigenvalue weighted by Crippen LogP contribution is 2.24. The summed E-state index contributed by atoms with van der Waals surface area (Å²) in [6.07, 6.45) is -0.0668. The maximum atomic E-state index is 13.6. The van der Waals surface area contributed by atoms with E-state index in [0.717, 1.165) is 29.5 Å². The fourth-order valence-electron chi connectivity index (χ4n) is 2.29. The summed E-state index contributed by atoms with van der Waals surface area (Å²) >= 11 is 1.08. The highest BCUT2D eigenvalue weighted by molar-refractivity contribution is 8.04. The Bertz CT molecular complexity index is 853. The summed E-state index contributed by atoms with van der Waals surface area (Å²) in [6, 6.07) is 9.00. The summed E-state index contributed by atoms with van der Waals surface area (Å²) in [4.78, 5) is 24.3. The van der Waals surface area contributed by atoms with Gasteiger partial charge < -0.3 is 10.6 Å². The van der Waals surface area contributed by atoms with Crippen molar-refractivity contribution in [3.8, 4) is 0 Å². The molecule has 4 nitrogen and oxygen atoms in total. The van der Waals surface area contributed by atoms with E-state index in [1.54, 1.807) is 19.1 Å². The van der Waals surface area contributed by atoms with E-state index in [2.05, 4.69) is 17.2 Å². The molecule has 30 heavy (non-hydrogen) atoms. The van der Waals surface area contributed by atoms with Gasteiger partial charge in [0.15, 0.2) is 0 Å². The number of thioether (sulfide) groups is 1. The molecule has 2 rings (SSSR count). The van der Waals surface area contributed by atoms with Gasteiger partial charge in [-0.3, -0.25) is 9.59 Å². The lowest BCUT2D eigenvalue weighted by Crippen LogP contribution is -2.24. The highest BCUT2D eigenvalue weighted by Gasteiger charge is 2.17. The first-order valence-electron chi connectivity index (χ1n) is 9.38. The predicted octanol–water partition coefficient (Wildman–Crippen LogP) is 5.41. The van der Waals surface area contributed by atoms with Crippen LogP contribution in [0.5, 0.6) is 0 Å². The zero-order valence-electron chi connectivity index (χ0n) is 17.1. The Morgan fingerprint density at radius 2 is 1.60 bits per heavy atom. The number of rotatable bonds is 8. The Kier molecular flexibility index (Phi) is 10.7. The van der Waals surface area contributed by atoms with Gasteiger partial charge in [0.25, 0.3) is 5.91 Å². The Morgan fingerprint density at radius 1 is 1.03 bits per heavy atom. The molecule has 0 aromatic heterocycles. The van der Waals surface area contributed by atoms with Gasteiger partial charge in [-0.1, -0.05) is 45.5 Å². The van der Waals surface area contributed by atoms with Crippen LogP contribution < -0.4 is 10.6 Å². The van der Waals surface area contributed by atoms with Crippen LogP contribution >= 0.6 is 11.8 Å². The van der Waals surface area contributed by atoms with Gasteiger partial charge in [-0.25, -0.2) is 13.2 Å². The van der Waals surface area contributed by atoms with Gasteiger partial charge in [0.05, 0.1) is 4.91 Å². The second-order valence-corrected chi connectivity index (χ2v) is 7.54. The lowest BCUT2D eigenvalue weighted by Gasteiger charge is -2.14. The van der Waals surface area contributed by atoms with Crippen LogP contribution in [-0.2, 0) is 16.1 Å². The quantitative estimate of drug-likeness (QED) is 0.542. The third-order valence-corrected chi connectivity index (χ3v) is 4.70. The first-order chi connectivity index (χ1) is 14.3.